The molecule has 222 valence electrons. The number of hydrogen-bond donors (Lipinski definition) is 2. The van der Waals surface area contributed by atoms with Gasteiger partial charge in [-0.1, -0.05) is 114 Å². The SMILES string of the molecule is COC(=O)C(Cc1ccccc1)N(Cc1ccccc1)C(=O)c1cc2ccccc2cc1NC(=O)Nc1c(Cl)cccc1Cl. The highest BCUT2D eigenvalue weighted by atomic mass is 35.5. The number of para-hydroxylation sites is 1. The standard InChI is InChI=1S/C35H29Cl2N3O4/c1-44-34(42)31(19-23-11-4-2-5-12-23)40(22-24-13-6-3-7-14-24)33(41)27-20-25-15-8-9-16-26(25)21-30(27)38-35(43)39-32-28(36)17-10-18-29(32)37/h2-18,20-21,31H,19,22H2,1H3,(H2,38,39,43). The molecule has 0 heterocycles. The average molecular weight is 627 g/mol. The highest BCUT2D eigenvalue weighted by Gasteiger charge is 2.33. The fourth-order valence-corrected chi connectivity index (χ4v) is 5.45. The number of methoxy groups -OCH3 is 1. The molecule has 0 saturated heterocycles. The second-order valence-corrected chi connectivity index (χ2v) is 10.9. The van der Waals surface area contributed by atoms with E-state index in [4.69, 9.17) is 27.9 Å². The van der Waals surface area contributed by atoms with Crippen LogP contribution in [0.5, 0.6) is 0 Å². The minimum atomic E-state index is -0.954. The van der Waals surface area contributed by atoms with Crippen LogP contribution in [-0.4, -0.2) is 36.0 Å². The van der Waals surface area contributed by atoms with Gasteiger partial charge < -0.3 is 20.3 Å². The number of carbonyl (C=O) groups is 3. The van der Waals surface area contributed by atoms with Gasteiger partial charge in [0.1, 0.15) is 6.04 Å². The van der Waals surface area contributed by atoms with Crippen LogP contribution in [0.4, 0.5) is 16.2 Å². The van der Waals surface area contributed by atoms with E-state index in [1.165, 1.54) is 12.0 Å². The summed E-state index contributed by atoms with van der Waals surface area (Å²) in [5.74, 6) is -1.02. The monoisotopic (exact) mass is 625 g/mol. The highest BCUT2D eigenvalue weighted by molar-refractivity contribution is 6.39. The Labute approximate surface area is 265 Å². The third-order valence-electron chi connectivity index (χ3n) is 7.14. The Bertz CT molecular complexity index is 1780. The molecule has 0 spiro atoms. The van der Waals surface area contributed by atoms with Crippen molar-refractivity contribution in [2.45, 2.75) is 19.0 Å². The number of anilines is 2. The van der Waals surface area contributed by atoms with Gasteiger partial charge in [-0.15, -0.1) is 0 Å². The van der Waals surface area contributed by atoms with Crippen LogP contribution in [0.1, 0.15) is 21.5 Å². The first-order valence-electron chi connectivity index (χ1n) is 13.9. The third kappa shape index (κ3) is 7.19. The van der Waals surface area contributed by atoms with Gasteiger partial charge in [0.15, 0.2) is 0 Å². The van der Waals surface area contributed by atoms with Gasteiger partial charge in [-0.05, 0) is 46.2 Å². The third-order valence-corrected chi connectivity index (χ3v) is 7.77. The number of nitrogens with zero attached hydrogens (tertiary/aromatic N) is 1. The molecule has 44 heavy (non-hydrogen) atoms. The van der Waals surface area contributed by atoms with Crippen molar-refractivity contribution in [3.63, 3.8) is 0 Å². The van der Waals surface area contributed by atoms with Crippen molar-refractivity contribution in [1.29, 1.82) is 0 Å². The molecule has 5 aromatic rings. The normalized spacial score (nSPS) is 11.4. The maximum Gasteiger partial charge on any atom is 0.328 e. The number of fused-ring (bicyclic) bond motifs is 1. The van der Waals surface area contributed by atoms with E-state index < -0.39 is 23.9 Å². The van der Waals surface area contributed by atoms with Crippen molar-refractivity contribution in [3.8, 4) is 0 Å². The van der Waals surface area contributed by atoms with E-state index >= 15 is 0 Å². The molecule has 0 radical (unpaired) electrons. The van der Waals surface area contributed by atoms with E-state index in [0.717, 1.165) is 21.9 Å². The Balaban J connectivity index is 1.58. The molecule has 0 aromatic heterocycles. The van der Waals surface area contributed by atoms with Crippen molar-refractivity contribution >= 4 is 63.3 Å². The molecule has 0 aliphatic heterocycles. The quantitative estimate of drug-likeness (QED) is 0.162. The lowest BCUT2D eigenvalue weighted by Gasteiger charge is -2.31. The maximum absolute atomic E-state index is 14.6. The number of halogens is 2. The fraction of sp³-hybridized carbons (Fsp3) is 0.114. The molecule has 0 fully saturated rings. The Morgan fingerprint density at radius 2 is 1.30 bits per heavy atom. The lowest BCUT2D eigenvalue weighted by Crippen LogP contribution is -2.46. The van der Waals surface area contributed by atoms with E-state index in [1.54, 1.807) is 30.3 Å². The Morgan fingerprint density at radius 1 is 0.727 bits per heavy atom. The highest BCUT2D eigenvalue weighted by Crippen LogP contribution is 2.31. The molecule has 0 saturated carbocycles. The maximum atomic E-state index is 14.6. The summed E-state index contributed by atoms with van der Waals surface area (Å²) in [6.45, 7) is 0.125. The molecule has 3 amide bonds. The molecule has 0 aliphatic rings. The number of urea groups is 1. The number of esters is 1. The molecule has 9 heteroatoms. The average Bonchev–Trinajstić information content (AvgIpc) is 3.04. The number of ether oxygens (including phenoxy) is 1. The molecule has 7 nitrogen and oxygen atoms in total. The van der Waals surface area contributed by atoms with E-state index in [2.05, 4.69) is 10.6 Å². The Kier molecular flexibility index (Phi) is 9.79. The summed E-state index contributed by atoms with van der Waals surface area (Å²) < 4.78 is 5.21. The summed E-state index contributed by atoms with van der Waals surface area (Å²) in [5.41, 5.74) is 2.37. The van der Waals surface area contributed by atoms with Crippen molar-refractivity contribution in [1.82, 2.24) is 4.90 Å². The van der Waals surface area contributed by atoms with Crippen LogP contribution in [0.15, 0.2) is 115 Å². The van der Waals surface area contributed by atoms with E-state index in [0.29, 0.717) is 0 Å². The predicted octanol–water partition coefficient (Wildman–Crippen LogP) is 8.22. The van der Waals surface area contributed by atoms with Gasteiger partial charge in [-0.25, -0.2) is 9.59 Å². The molecular formula is C35H29Cl2N3O4. The summed E-state index contributed by atoms with van der Waals surface area (Å²) >= 11 is 12.5. The summed E-state index contributed by atoms with van der Waals surface area (Å²) in [6, 6.07) is 33.0. The van der Waals surface area contributed by atoms with Crippen LogP contribution < -0.4 is 10.6 Å². The number of benzene rings is 5. The second-order valence-electron chi connectivity index (χ2n) is 10.1. The molecular weight excluding hydrogens is 597 g/mol. The second kappa shape index (κ2) is 14.1. The molecule has 5 aromatic carbocycles. The minimum Gasteiger partial charge on any atom is -0.467 e. The summed E-state index contributed by atoms with van der Waals surface area (Å²) in [5, 5.41) is 7.60. The van der Waals surface area contributed by atoms with Gasteiger partial charge in [-0.2, -0.15) is 0 Å². The largest absolute Gasteiger partial charge is 0.467 e. The van der Waals surface area contributed by atoms with Crippen LogP contribution in [0.2, 0.25) is 10.0 Å². The lowest BCUT2D eigenvalue weighted by atomic mass is 10.00. The zero-order chi connectivity index (χ0) is 31.1. The number of amides is 3. The van der Waals surface area contributed by atoms with E-state index in [9.17, 15) is 14.4 Å². The van der Waals surface area contributed by atoms with Crippen molar-refractivity contribution in [3.05, 3.63) is 142 Å². The van der Waals surface area contributed by atoms with E-state index in [1.807, 2.05) is 84.9 Å². The minimum absolute atomic E-state index is 0.125. The lowest BCUT2D eigenvalue weighted by molar-refractivity contribution is -0.146. The molecule has 0 aliphatic carbocycles. The fourth-order valence-electron chi connectivity index (χ4n) is 4.96. The topological polar surface area (TPSA) is 87.7 Å². The van der Waals surface area contributed by atoms with Gasteiger partial charge in [0.05, 0.1) is 34.1 Å². The molecule has 0 bridgehead atoms. The van der Waals surface area contributed by atoms with Gasteiger partial charge in [0.2, 0.25) is 0 Å². The van der Waals surface area contributed by atoms with Gasteiger partial charge in [0.25, 0.3) is 5.91 Å². The zero-order valence-electron chi connectivity index (χ0n) is 23.8. The van der Waals surface area contributed by atoms with E-state index in [-0.39, 0.29) is 39.9 Å². The first-order chi connectivity index (χ1) is 21.3. The first kappa shape index (κ1) is 30.6. The molecule has 1 atom stereocenters. The number of carbonyl (C=O) groups excluding carboxylic acids is 3. The molecule has 5 rings (SSSR count). The Hall–Kier alpha value is -4.85. The molecule has 1 unspecified atom stereocenters. The molecule has 2 N–H and O–H groups in total. The number of hydrogen-bond acceptors (Lipinski definition) is 4. The van der Waals surface area contributed by atoms with Crippen LogP contribution in [0, 0.1) is 0 Å². The van der Waals surface area contributed by atoms with Gasteiger partial charge >= 0.3 is 12.0 Å². The van der Waals surface area contributed by atoms with Crippen LogP contribution in [0.3, 0.4) is 0 Å². The predicted molar refractivity (Wildman–Crippen MR) is 175 cm³/mol. The van der Waals surface area contributed by atoms with Gasteiger partial charge in [-0.3, -0.25) is 4.79 Å². The Morgan fingerprint density at radius 3 is 1.91 bits per heavy atom. The zero-order valence-corrected chi connectivity index (χ0v) is 25.3. The van der Waals surface area contributed by atoms with Gasteiger partial charge in [0, 0.05) is 13.0 Å². The summed E-state index contributed by atoms with van der Waals surface area (Å²) in [4.78, 5) is 42.7. The van der Waals surface area contributed by atoms with Crippen LogP contribution in [-0.2, 0) is 22.5 Å². The van der Waals surface area contributed by atoms with Crippen LogP contribution in [0.25, 0.3) is 10.8 Å². The van der Waals surface area contributed by atoms with Crippen molar-refractivity contribution in [2.75, 3.05) is 17.7 Å². The first-order valence-corrected chi connectivity index (χ1v) is 14.6. The number of nitrogens with one attached hydrogen (secondary N) is 2. The van der Waals surface area contributed by atoms with Crippen molar-refractivity contribution < 1.29 is 19.1 Å². The summed E-state index contributed by atoms with van der Waals surface area (Å²) in [7, 11) is 1.30. The smallest absolute Gasteiger partial charge is 0.328 e. The summed E-state index contributed by atoms with van der Waals surface area (Å²) in [6.07, 6.45) is 0.230. The van der Waals surface area contributed by atoms with Crippen molar-refractivity contribution in [2.24, 2.45) is 0 Å². The number of rotatable bonds is 9. The van der Waals surface area contributed by atoms with Crippen LogP contribution >= 0.6 is 23.2 Å².